The second-order valence-corrected chi connectivity index (χ2v) is 4.09. The Kier molecular flexibility index (Phi) is 6.11. The number of carbonyl (C=O) groups is 1. The Labute approximate surface area is 108 Å². The summed E-state index contributed by atoms with van der Waals surface area (Å²) in [7, 11) is 0. The highest BCUT2D eigenvalue weighted by atomic mass is 16.3. The number of amides is 1. The first kappa shape index (κ1) is 14.4. The van der Waals surface area contributed by atoms with Crippen LogP contribution in [0.15, 0.2) is 43.0 Å². The van der Waals surface area contributed by atoms with E-state index < -0.39 is 6.04 Å². The average Bonchev–Trinajstić information content (AvgIpc) is 2.39. The van der Waals surface area contributed by atoms with Crippen LogP contribution in [0.25, 0.3) is 0 Å². The van der Waals surface area contributed by atoms with Gasteiger partial charge in [0.25, 0.3) is 0 Å². The van der Waals surface area contributed by atoms with Gasteiger partial charge in [-0.3, -0.25) is 4.79 Å². The summed E-state index contributed by atoms with van der Waals surface area (Å²) in [5, 5.41) is 8.91. The summed E-state index contributed by atoms with van der Waals surface area (Å²) < 4.78 is 0. The number of benzene rings is 1. The normalized spacial score (nSPS) is 11.9. The van der Waals surface area contributed by atoms with Gasteiger partial charge >= 0.3 is 0 Å². The van der Waals surface area contributed by atoms with Crippen LogP contribution in [-0.4, -0.2) is 41.7 Å². The van der Waals surface area contributed by atoms with Crippen molar-refractivity contribution in [2.24, 2.45) is 5.73 Å². The lowest BCUT2D eigenvalue weighted by molar-refractivity contribution is -0.132. The van der Waals surface area contributed by atoms with Gasteiger partial charge in [-0.05, 0) is 12.0 Å². The SMILES string of the molecule is C=CCN(CCO)C(=O)[C@H](N)Cc1ccccc1. The minimum atomic E-state index is -0.584. The molecule has 0 radical (unpaired) electrons. The van der Waals surface area contributed by atoms with Gasteiger partial charge in [0.1, 0.15) is 0 Å². The van der Waals surface area contributed by atoms with Crippen molar-refractivity contribution in [3.05, 3.63) is 48.6 Å². The molecule has 1 amide bonds. The summed E-state index contributed by atoms with van der Waals surface area (Å²) in [4.78, 5) is 13.6. The maximum absolute atomic E-state index is 12.1. The van der Waals surface area contributed by atoms with Crippen molar-refractivity contribution in [1.29, 1.82) is 0 Å². The van der Waals surface area contributed by atoms with E-state index in [0.717, 1.165) is 5.56 Å². The Morgan fingerprint density at radius 1 is 1.44 bits per heavy atom. The molecule has 4 nitrogen and oxygen atoms in total. The summed E-state index contributed by atoms with van der Waals surface area (Å²) in [6, 6.07) is 9.06. The highest BCUT2D eigenvalue weighted by Crippen LogP contribution is 2.04. The van der Waals surface area contributed by atoms with Gasteiger partial charge in [0.05, 0.1) is 12.6 Å². The number of hydrogen-bond donors (Lipinski definition) is 2. The molecule has 98 valence electrons. The molecule has 4 heteroatoms. The Bertz CT molecular complexity index is 379. The van der Waals surface area contributed by atoms with Gasteiger partial charge < -0.3 is 15.7 Å². The molecular formula is C14H20N2O2. The topological polar surface area (TPSA) is 66.6 Å². The molecule has 0 saturated heterocycles. The Balaban J connectivity index is 2.61. The highest BCUT2D eigenvalue weighted by Gasteiger charge is 2.19. The molecular weight excluding hydrogens is 228 g/mol. The average molecular weight is 248 g/mol. The fraction of sp³-hybridized carbons (Fsp3) is 0.357. The van der Waals surface area contributed by atoms with E-state index in [9.17, 15) is 4.79 Å². The van der Waals surface area contributed by atoms with Gasteiger partial charge in [-0.1, -0.05) is 36.4 Å². The van der Waals surface area contributed by atoms with Gasteiger partial charge in [0.2, 0.25) is 5.91 Å². The van der Waals surface area contributed by atoms with E-state index in [2.05, 4.69) is 6.58 Å². The fourth-order valence-corrected chi connectivity index (χ4v) is 1.76. The van der Waals surface area contributed by atoms with E-state index in [4.69, 9.17) is 10.8 Å². The number of nitrogens with two attached hydrogens (primary N) is 1. The molecule has 0 heterocycles. The zero-order valence-electron chi connectivity index (χ0n) is 10.5. The molecule has 1 aromatic rings. The molecule has 1 aromatic carbocycles. The fourth-order valence-electron chi connectivity index (χ4n) is 1.76. The minimum Gasteiger partial charge on any atom is -0.395 e. The molecule has 1 atom stereocenters. The van der Waals surface area contributed by atoms with Crippen molar-refractivity contribution in [3.8, 4) is 0 Å². The standard InChI is InChI=1S/C14H20N2O2/c1-2-8-16(9-10-17)14(18)13(15)11-12-6-4-3-5-7-12/h2-7,13,17H,1,8-11,15H2/t13-/m1/s1. The third-order valence-electron chi connectivity index (χ3n) is 2.65. The zero-order valence-corrected chi connectivity index (χ0v) is 10.5. The van der Waals surface area contributed by atoms with E-state index in [0.29, 0.717) is 13.0 Å². The monoisotopic (exact) mass is 248 g/mol. The lowest BCUT2D eigenvalue weighted by Crippen LogP contribution is -2.46. The first-order valence-corrected chi connectivity index (χ1v) is 5.99. The summed E-state index contributed by atoms with van der Waals surface area (Å²) in [5.74, 6) is -0.159. The summed E-state index contributed by atoms with van der Waals surface area (Å²) >= 11 is 0. The van der Waals surface area contributed by atoms with Crippen molar-refractivity contribution >= 4 is 5.91 Å². The smallest absolute Gasteiger partial charge is 0.240 e. The third kappa shape index (κ3) is 4.31. The van der Waals surface area contributed by atoms with E-state index >= 15 is 0 Å². The van der Waals surface area contributed by atoms with Crippen LogP contribution in [0, 0.1) is 0 Å². The number of aliphatic hydroxyl groups excluding tert-OH is 1. The van der Waals surface area contributed by atoms with Crippen molar-refractivity contribution in [2.75, 3.05) is 19.7 Å². The number of nitrogens with zero attached hydrogens (tertiary/aromatic N) is 1. The molecule has 0 aliphatic carbocycles. The van der Waals surface area contributed by atoms with Crippen LogP contribution in [0.4, 0.5) is 0 Å². The molecule has 0 aliphatic heterocycles. The number of rotatable bonds is 7. The van der Waals surface area contributed by atoms with Crippen LogP contribution >= 0.6 is 0 Å². The quantitative estimate of drug-likeness (QED) is 0.693. The second-order valence-electron chi connectivity index (χ2n) is 4.09. The van der Waals surface area contributed by atoms with Gasteiger partial charge in [-0.25, -0.2) is 0 Å². The first-order valence-electron chi connectivity index (χ1n) is 5.99. The van der Waals surface area contributed by atoms with E-state index in [-0.39, 0.29) is 19.1 Å². The second kappa shape index (κ2) is 7.63. The van der Waals surface area contributed by atoms with E-state index in [1.54, 1.807) is 6.08 Å². The van der Waals surface area contributed by atoms with Crippen LogP contribution in [0.2, 0.25) is 0 Å². The maximum Gasteiger partial charge on any atom is 0.240 e. The van der Waals surface area contributed by atoms with Crippen LogP contribution in [0.3, 0.4) is 0 Å². The minimum absolute atomic E-state index is 0.0718. The molecule has 0 bridgehead atoms. The van der Waals surface area contributed by atoms with Gasteiger partial charge in [0.15, 0.2) is 0 Å². The maximum atomic E-state index is 12.1. The van der Waals surface area contributed by atoms with E-state index in [1.165, 1.54) is 4.90 Å². The molecule has 0 spiro atoms. The summed E-state index contributed by atoms with van der Waals surface area (Å²) in [6.07, 6.45) is 2.13. The lowest BCUT2D eigenvalue weighted by atomic mass is 10.1. The van der Waals surface area contributed by atoms with Crippen LogP contribution in [0.5, 0.6) is 0 Å². The van der Waals surface area contributed by atoms with Gasteiger partial charge in [-0.2, -0.15) is 0 Å². The highest BCUT2D eigenvalue weighted by molar-refractivity contribution is 5.82. The molecule has 0 saturated carbocycles. The van der Waals surface area contributed by atoms with Crippen molar-refractivity contribution in [1.82, 2.24) is 4.90 Å². The molecule has 0 fully saturated rings. The molecule has 0 aliphatic rings. The Hall–Kier alpha value is -1.65. The zero-order chi connectivity index (χ0) is 13.4. The predicted octanol–water partition coefficient (Wildman–Crippen LogP) is 0.563. The molecule has 0 unspecified atom stereocenters. The third-order valence-corrected chi connectivity index (χ3v) is 2.65. The Morgan fingerprint density at radius 3 is 2.67 bits per heavy atom. The predicted molar refractivity (Wildman–Crippen MR) is 72.0 cm³/mol. The van der Waals surface area contributed by atoms with Crippen LogP contribution < -0.4 is 5.73 Å². The number of hydrogen-bond acceptors (Lipinski definition) is 3. The molecule has 1 rings (SSSR count). The van der Waals surface area contributed by atoms with Crippen molar-refractivity contribution < 1.29 is 9.90 Å². The lowest BCUT2D eigenvalue weighted by Gasteiger charge is -2.23. The van der Waals surface area contributed by atoms with Gasteiger partial charge in [0, 0.05) is 13.1 Å². The first-order chi connectivity index (χ1) is 8.69. The van der Waals surface area contributed by atoms with E-state index in [1.807, 2.05) is 30.3 Å². The largest absolute Gasteiger partial charge is 0.395 e. The molecule has 0 aromatic heterocycles. The number of carbonyl (C=O) groups excluding carboxylic acids is 1. The van der Waals surface area contributed by atoms with Crippen molar-refractivity contribution in [2.45, 2.75) is 12.5 Å². The Morgan fingerprint density at radius 2 is 2.11 bits per heavy atom. The molecule has 18 heavy (non-hydrogen) atoms. The van der Waals surface area contributed by atoms with Gasteiger partial charge in [-0.15, -0.1) is 6.58 Å². The number of aliphatic hydroxyl groups is 1. The molecule has 3 N–H and O–H groups in total. The summed E-state index contributed by atoms with van der Waals surface area (Å²) in [6.45, 7) is 4.21. The van der Waals surface area contributed by atoms with Crippen LogP contribution in [-0.2, 0) is 11.2 Å². The summed E-state index contributed by atoms with van der Waals surface area (Å²) in [5.41, 5.74) is 6.93. The van der Waals surface area contributed by atoms with Crippen molar-refractivity contribution in [3.63, 3.8) is 0 Å². The van der Waals surface area contributed by atoms with Crippen LogP contribution in [0.1, 0.15) is 5.56 Å².